The number of ether oxygens (including phenoxy) is 1. The summed E-state index contributed by atoms with van der Waals surface area (Å²) in [6.45, 7) is 15.4. The highest BCUT2D eigenvalue weighted by molar-refractivity contribution is 5.97. The highest BCUT2D eigenvalue weighted by Gasteiger charge is 2.41. The Bertz CT molecular complexity index is 1560. The molecule has 0 spiro atoms. The molecular weight excluding hydrogens is 815 g/mol. The Morgan fingerprint density at radius 1 is 0.641 bits per heavy atom. The number of hydrogen-bond acceptors (Lipinski definition) is 9. The molecule has 3 N–H and O–H groups in total. The summed E-state index contributed by atoms with van der Waals surface area (Å²) in [5, 5.41) is 18.4. The second-order valence-electron chi connectivity index (χ2n) is 19.7. The molecule has 364 valence electrons. The van der Waals surface area contributed by atoms with Crippen molar-refractivity contribution >= 4 is 41.4 Å². The predicted molar refractivity (Wildman–Crippen MR) is 248 cm³/mol. The Morgan fingerprint density at radius 3 is 1.75 bits per heavy atom. The fraction of sp³-hybridized carbons (Fsp3) is 0.837. The molecule has 6 amide bonds. The second-order valence-corrected chi connectivity index (χ2v) is 19.7. The van der Waals surface area contributed by atoms with Crippen LogP contribution >= 0.6 is 0 Å². The van der Waals surface area contributed by atoms with E-state index in [0.29, 0.717) is 19.3 Å². The van der Waals surface area contributed by atoms with Gasteiger partial charge in [0, 0.05) is 34.0 Å². The van der Waals surface area contributed by atoms with Crippen LogP contribution < -0.4 is 16.0 Å². The first-order valence-electron chi connectivity index (χ1n) is 24.6. The number of hydrogen-bond donors (Lipinski definition) is 3. The summed E-state index contributed by atoms with van der Waals surface area (Å²) in [5.41, 5.74) is 0. The van der Waals surface area contributed by atoms with Gasteiger partial charge in [0.25, 0.3) is 5.91 Å². The number of amides is 6. The topological polar surface area (TPSA) is 198 Å². The molecule has 64 heavy (non-hydrogen) atoms. The molecule has 1 saturated heterocycles. The lowest BCUT2D eigenvalue weighted by Crippen LogP contribution is -2.60. The molecule has 0 radical (unpaired) electrons. The van der Waals surface area contributed by atoms with Crippen LogP contribution in [0.25, 0.3) is 0 Å². The molecule has 0 aromatic heterocycles. The summed E-state index contributed by atoms with van der Waals surface area (Å²) >= 11 is 0. The van der Waals surface area contributed by atoms with E-state index in [9.17, 15) is 38.8 Å². The molecular formula is C49H85N7O8. The highest BCUT2D eigenvalue weighted by Crippen LogP contribution is 2.29. The standard InChI is InChI=1S/C49H85N7O8/c1-12-14-16-20-25-37-46(60)54(9)35(8)49(63)64-42(26-21-27-50)45(59)53-39(30-34(7)22-15-13-2)48(62)55(10)40(29-33(5)6)43(57)52-38(28-32(3)4)47(61)56(11)41(44(58)51-37)31-36-23-18-17-19-24-36/h32-42H,12-26,28-31H2,1-11H3,(H,51,58)(H,52,57)(H,53,59)/t34-,35+,37+,38+,39+,40+,41+,42-/m1/s1. The summed E-state index contributed by atoms with van der Waals surface area (Å²) in [6, 6.07) is -4.35. The van der Waals surface area contributed by atoms with Crippen molar-refractivity contribution in [3.05, 3.63) is 0 Å². The van der Waals surface area contributed by atoms with Gasteiger partial charge in [0.05, 0.1) is 6.07 Å². The number of esters is 1. The summed E-state index contributed by atoms with van der Waals surface area (Å²) in [7, 11) is 4.56. The molecule has 15 heteroatoms. The van der Waals surface area contributed by atoms with Crippen LogP contribution in [0.2, 0.25) is 0 Å². The number of nitrogens with one attached hydrogen (secondary N) is 3. The minimum atomic E-state index is -1.46. The van der Waals surface area contributed by atoms with E-state index in [1.165, 1.54) is 35.7 Å². The zero-order chi connectivity index (χ0) is 48.1. The molecule has 1 aliphatic heterocycles. The first-order chi connectivity index (χ1) is 30.3. The van der Waals surface area contributed by atoms with Crippen LogP contribution in [0.1, 0.15) is 177 Å². The number of rotatable bonds is 18. The number of unbranched alkanes of at least 4 members (excludes halogenated alkanes) is 4. The first kappa shape index (κ1) is 55.9. The van der Waals surface area contributed by atoms with Crippen molar-refractivity contribution in [2.75, 3.05) is 21.1 Å². The monoisotopic (exact) mass is 900 g/mol. The molecule has 2 fully saturated rings. The maximum absolute atomic E-state index is 14.8. The fourth-order valence-corrected chi connectivity index (χ4v) is 8.96. The normalized spacial score (nSPS) is 26.3. The Morgan fingerprint density at radius 2 is 1.17 bits per heavy atom. The van der Waals surface area contributed by atoms with Gasteiger partial charge in [-0.2, -0.15) is 5.26 Å². The lowest BCUT2D eigenvalue weighted by atomic mass is 9.84. The van der Waals surface area contributed by atoms with E-state index in [4.69, 9.17) is 4.74 Å². The quantitative estimate of drug-likeness (QED) is 0.103. The molecule has 0 aromatic rings. The Labute approximate surface area is 385 Å². The second kappa shape index (κ2) is 28.6. The van der Waals surface area contributed by atoms with Gasteiger partial charge in [-0.15, -0.1) is 0 Å². The van der Waals surface area contributed by atoms with E-state index in [2.05, 4.69) is 29.8 Å². The molecule has 8 atom stereocenters. The minimum Gasteiger partial charge on any atom is -0.451 e. The maximum atomic E-state index is 14.8. The van der Waals surface area contributed by atoms with E-state index < -0.39 is 83.8 Å². The molecule has 2 rings (SSSR count). The highest BCUT2D eigenvalue weighted by atomic mass is 16.5. The molecule has 0 unspecified atom stereocenters. The third-order valence-electron chi connectivity index (χ3n) is 13.1. The van der Waals surface area contributed by atoms with Gasteiger partial charge < -0.3 is 35.4 Å². The van der Waals surface area contributed by atoms with Crippen LogP contribution in [-0.2, 0) is 38.3 Å². The number of carbonyl (C=O) groups excluding carboxylic acids is 7. The van der Waals surface area contributed by atoms with Crippen LogP contribution in [-0.4, -0.2) is 120 Å². The van der Waals surface area contributed by atoms with Crippen LogP contribution in [0.3, 0.4) is 0 Å². The third kappa shape index (κ3) is 18.0. The van der Waals surface area contributed by atoms with E-state index >= 15 is 0 Å². The zero-order valence-corrected chi connectivity index (χ0v) is 41.3. The fourth-order valence-electron chi connectivity index (χ4n) is 8.96. The molecule has 2 aliphatic rings. The summed E-state index contributed by atoms with van der Waals surface area (Å²) in [5.74, 6) is -4.10. The van der Waals surface area contributed by atoms with Crippen molar-refractivity contribution < 1.29 is 38.3 Å². The Hall–Kier alpha value is -4.22. The van der Waals surface area contributed by atoms with Crippen molar-refractivity contribution in [2.24, 2.45) is 23.7 Å². The van der Waals surface area contributed by atoms with E-state index in [-0.39, 0.29) is 55.8 Å². The first-order valence-corrected chi connectivity index (χ1v) is 24.6. The van der Waals surface area contributed by atoms with Gasteiger partial charge in [-0.05, 0) is 62.7 Å². The number of nitrogens with zero attached hydrogens (tertiary/aromatic N) is 4. The summed E-state index contributed by atoms with van der Waals surface area (Å²) in [4.78, 5) is 105. The van der Waals surface area contributed by atoms with Crippen molar-refractivity contribution in [1.29, 1.82) is 5.26 Å². The minimum absolute atomic E-state index is 0.00868. The third-order valence-corrected chi connectivity index (χ3v) is 13.1. The smallest absolute Gasteiger partial charge is 0.329 e. The van der Waals surface area contributed by atoms with Gasteiger partial charge in [-0.3, -0.25) is 28.8 Å². The van der Waals surface area contributed by atoms with Gasteiger partial charge in [-0.25, -0.2) is 4.79 Å². The van der Waals surface area contributed by atoms with E-state index in [1.807, 2.05) is 40.7 Å². The van der Waals surface area contributed by atoms with Crippen molar-refractivity contribution in [3.8, 4) is 6.07 Å². The summed E-state index contributed by atoms with van der Waals surface area (Å²) < 4.78 is 5.79. The van der Waals surface area contributed by atoms with Crippen molar-refractivity contribution in [2.45, 2.75) is 220 Å². The number of cyclic esters (lactones) is 1. The molecule has 0 bridgehead atoms. The number of nitriles is 1. The van der Waals surface area contributed by atoms with Gasteiger partial charge in [-0.1, -0.05) is 126 Å². The Balaban J connectivity index is 2.84. The molecule has 1 aliphatic carbocycles. The molecule has 1 heterocycles. The molecule has 0 aromatic carbocycles. The summed E-state index contributed by atoms with van der Waals surface area (Å²) in [6.07, 6.45) is 10.6. The predicted octanol–water partition coefficient (Wildman–Crippen LogP) is 6.42. The number of likely N-dealkylation sites (N-methyl/N-ethyl adjacent to an activating group) is 3. The van der Waals surface area contributed by atoms with E-state index in [0.717, 1.165) is 70.6 Å². The lowest BCUT2D eigenvalue weighted by Gasteiger charge is -2.36. The van der Waals surface area contributed by atoms with Crippen LogP contribution in [0.4, 0.5) is 0 Å². The lowest BCUT2D eigenvalue weighted by molar-refractivity contribution is -0.163. The van der Waals surface area contributed by atoms with Crippen LogP contribution in [0.15, 0.2) is 0 Å². The van der Waals surface area contributed by atoms with Crippen molar-refractivity contribution in [1.82, 2.24) is 30.7 Å². The average molecular weight is 900 g/mol. The van der Waals surface area contributed by atoms with Crippen molar-refractivity contribution in [3.63, 3.8) is 0 Å². The van der Waals surface area contributed by atoms with Crippen LogP contribution in [0.5, 0.6) is 0 Å². The largest absolute Gasteiger partial charge is 0.451 e. The molecule has 15 nitrogen and oxygen atoms in total. The van der Waals surface area contributed by atoms with Crippen LogP contribution in [0, 0.1) is 35.0 Å². The van der Waals surface area contributed by atoms with Gasteiger partial charge in [0.2, 0.25) is 29.5 Å². The van der Waals surface area contributed by atoms with Gasteiger partial charge >= 0.3 is 5.97 Å². The van der Waals surface area contributed by atoms with E-state index in [1.54, 1.807) is 7.05 Å². The Kier molecular flexibility index (Phi) is 25.0. The zero-order valence-electron chi connectivity index (χ0n) is 41.3. The SMILES string of the molecule is CCCCCC[C@@H]1NC(=O)[C@H](CC2CCCCC2)N(C)C(=O)[C@H](CC(C)C)NC(=O)[C@H](CC(C)C)N(C)C(=O)[C@H](C[C@H](C)CCCC)NC(=O)[C@@H](CCC#N)OC(=O)[C@H](C)N(C)C1=O. The number of carbonyl (C=O) groups is 7. The average Bonchev–Trinajstić information content (AvgIpc) is 3.26. The van der Waals surface area contributed by atoms with Gasteiger partial charge in [0.1, 0.15) is 36.3 Å². The maximum Gasteiger partial charge on any atom is 0.329 e. The van der Waals surface area contributed by atoms with Gasteiger partial charge in [0.15, 0.2) is 6.10 Å². The molecule has 1 saturated carbocycles.